The van der Waals surface area contributed by atoms with Crippen LogP contribution in [-0.4, -0.2) is 68.0 Å². The predicted octanol–water partition coefficient (Wildman–Crippen LogP) is 4.11. The first kappa shape index (κ1) is 26.6. The molecule has 4 fully saturated rings. The van der Waals surface area contributed by atoms with Crippen LogP contribution in [0.1, 0.15) is 63.4 Å². The van der Waals surface area contributed by atoms with Crippen molar-refractivity contribution in [2.75, 3.05) is 13.7 Å². The molecule has 2 saturated heterocycles. The van der Waals surface area contributed by atoms with E-state index in [1.807, 2.05) is 6.08 Å². The van der Waals surface area contributed by atoms with Gasteiger partial charge in [0.25, 0.3) is 11.8 Å². The minimum Gasteiger partial charge on any atom is -0.504 e. The number of halogens is 2. The van der Waals surface area contributed by atoms with Gasteiger partial charge in [-0.2, -0.15) is 0 Å². The zero-order valence-corrected chi connectivity index (χ0v) is 23.5. The van der Waals surface area contributed by atoms with Gasteiger partial charge in [-0.15, -0.1) is 23.2 Å². The summed E-state index contributed by atoms with van der Waals surface area (Å²) in [6.07, 6.45) is 6.93. The maximum atomic E-state index is 14.0. The standard InChI is InChI=1S/C29H32Cl2N2O6/c1-3-39-21-13-15(9-12-20(21)34)23-17-10-11-18-22(25(36)33(24(18)35)16-7-5-4-6-8-16)19(17)14-28(30)26(37)32(2)27(38)29(23,28)31/h9-10,12-13,16,18-19,22-23,34H,3-8,11,14H2,1-2H3/t18-,19+,22-,23-,28+,29-/m0/s1. The van der Waals surface area contributed by atoms with Gasteiger partial charge in [0.2, 0.25) is 11.8 Å². The number of amides is 4. The number of phenols is 1. The van der Waals surface area contributed by atoms with Gasteiger partial charge in [-0.3, -0.25) is 29.0 Å². The van der Waals surface area contributed by atoms with Crippen LogP contribution in [0, 0.1) is 17.8 Å². The number of nitrogens with zero attached hydrogens (tertiary/aromatic N) is 2. The molecule has 8 nitrogen and oxygen atoms in total. The number of ether oxygens (including phenoxy) is 1. The summed E-state index contributed by atoms with van der Waals surface area (Å²) in [5.74, 6) is -4.05. The third kappa shape index (κ3) is 3.49. The quantitative estimate of drug-likeness (QED) is 0.329. The lowest BCUT2D eigenvalue weighted by atomic mass is 9.56. The summed E-state index contributed by atoms with van der Waals surface area (Å²) in [5.41, 5.74) is 1.28. The molecule has 4 amide bonds. The van der Waals surface area contributed by atoms with Crippen molar-refractivity contribution in [3.05, 3.63) is 35.4 Å². The van der Waals surface area contributed by atoms with Crippen LogP contribution >= 0.6 is 23.2 Å². The van der Waals surface area contributed by atoms with Crippen LogP contribution < -0.4 is 4.74 Å². The number of fused-ring (bicyclic) bond motifs is 4. The summed E-state index contributed by atoms with van der Waals surface area (Å²) >= 11 is 14.4. The molecule has 0 spiro atoms. The van der Waals surface area contributed by atoms with Gasteiger partial charge < -0.3 is 9.84 Å². The topological polar surface area (TPSA) is 104 Å². The number of rotatable bonds is 4. The molecule has 6 rings (SSSR count). The Balaban J connectivity index is 1.49. The molecule has 0 unspecified atom stereocenters. The Morgan fingerprint density at radius 2 is 1.74 bits per heavy atom. The molecule has 0 radical (unpaired) electrons. The number of phenolic OH excluding ortho intramolecular Hbond substituents is 1. The van der Waals surface area contributed by atoms with Crippen LogP contribution in [0.5, 0.6) is 11.5 Å². The highest BCUT2D eigenvalue weighted by Gasteiger charge is 2.76. The highest BCUT2D eigenvalue weighted by atomic mass is 35.5. The van der Waals surface area contributed by atoms with Crippen molar-refractivity contribution in [2.45, 2.75) is 73.6 Å². The van der Waals surface area contributed by atoms with Crippen LogP contribution in [0.15, 0.2) is 29.8 Å². The van der Waals surface area contributed by atoms with Gasteiger partial charge >= 0.3 is 0 Å². The molecule has 2 saturated carbocycles. The Bertz CT molecular complexity index is 1310. The van der Waals surface area contributed by atoms with E-state index in [4.69, 9.17) is 27.9 Å². The van der Waals surface area contributed by atoms with Gasteiger partial charge in [-0.1, -0.05) is 37.0 Å². The van der Waals surface area contributed by atoms with E-state index in [9.17, 15) is 24.3 Å². The average molecular weight is 575 g/mol. The predicted molar refractivity (Wildman–Crippen MR) is 143 cm³/mol. The van der Waals surface area contributed by atoms with Crippen molar-refractivity contribution < 1.29 is 29.0 Å². The van der Waals surface area contributed by atoms with E-state index >= 15 is 0 Å². The van der Waals surface area contributed by atoms with Gasteiger partial charge in [0, 0.05) is 19.0 Å². The van der Waals surface area contributed by atoms with Gasteiger partial charge in [0.05, 0.1) is 18.4 Å². The molecule has 1 N–H and O–H groups in total. The van der Waals surface area contributed by atoms with E-state index < -0.39 is 45.2 Å². The molecule has 0 bridgehead atoms. The Morgan fingerprint density at radius 1 is 1.03 bits per heavy atom. The smallest absolute Gasteiger partial charge is 0.253 e. The number of benzene rings is 1. The Hall–Kier alpha value is -2.58. The van der Waals surface area contributed by atoms with Crippen molar-refractivity contribution in [1.82, 2.24) is 9.80 Å². The SMILES string of the molecule is CCOc1cc([C@H]2C3=CC[C@@H]4C(=O)N(C5CCCCC5)C(=O)[C@@H]4[C@@H]3C[C@@]3(Cl)C(=O)N(C)C(=O)[C@@]23Cl)ccc1O. The van der Waals surface area contributed by atoms with Crippen molar-refractivity contribution in [3.63, 3.8) is 0 Å². The van der Waals surface area contributed by atoms with Crippen molar-refractivity contribution in [1.29, 1.82) is 0 Å². The highest BCUT2D eigenvalue weighted by Crippen LogP contribution is 2.65. The lowest BCUT2D eigenvalue weighted by molar-refractivity contribution is -0.144. The molecule has 0 aromatic heterocycles. The summed E-state index contributed by atoms with van der Waals surface area (Å²) in [6.45, 7) is 2.09. The number of hydrogen-bond donors (Lipinski definition) is 1. The van der Waals surface area contributed by atoms with Gasteiger partial charge in [-0.25, -0.2) is 0 Å². The first-order valence-corrected chi connectivity index (χ1v) is 14.5. The number of imide groups is 2. The monoisotopic (exact) mass is 574 g/mol. The maximum Gasteiger partial charge on any atom is 0.253 e. The third-order valence-corrected chi connectivity index (χ3v) is 11.0. The second-order valence-corrected chi connectivity index (χ2v) is 12.7. The number of hydrogen-bond acceptors (Lipinski definition) is 6. The van der Waals surface area contributed by atoms with E-state index in [2.05, 4.69) is 0 Å². The highest BCUT2D eigenvalue weighted by molar-refractivity contribution is 6.53. The number of aromatic hydroxyl groups is 1. The zero-order chi connectivity index (χ0) is 27.9. The fourth-order valence-corrected chi connectivity index (χ4v) is 8.84. The Morgan fingerprint density at radius 3 is 2.44 bits per heavy atom. The molecular formula is C29H32Cl2N2O6. The number of alkyl halides is 2. The van der Waals surface area contributed by atoms with E-state index in [1.54, 1.807) is 19.1 Å². The summed E-state index contributed by atoms with van der Waals surface area (Å²) in [4.78, 5) is 53.6. The van der Waals surface area contributed by atoms with Crippen LogP contribution in [0.2, 0.25) is 0 Å². The second-order valence-electron chi connectivity index (χ2n) is 11.5. The lowest BCUT2D eigenvalue weighted by Gasteiger charge is -2.50. The van der Waals surface area contributed by atoms with E-state index in [0.29, 0.717) is 18.6 Å². The maximum absolute atomic E-state index is 14.0. The summed E-state index contributed by atoms with van der Waals surface area (Å²) in [5, 5.41) is 10.4. The zero-order valence-electron chi connectivity index (χ0n) is 22.0. The molecule has 6 atom stereocenters. The summed E-state index contributed by atoms with van der Waals surface area (Å²) < 4.78 is 5.61. The van der Waals surface area contributed by atoms with Crippen LogP contribution in [0.25, 0.3) is 0 Å². The van der Waals surface area contributed by atoms with Gasteiger partial charge in [-0.05, 0) is 56.2 Å². The molecule has 3 aliphatic carbocycles. The largest absolute Gasteiger partial charge is 0.504 e. The van der Waals surface area contributed by atoms with Crippen molar-refractivity contribution in [2.24, 2.45) is 17.8 Å². The van der Waals surface area contributed by atoms with Crippen LogP contribution in [0.3, 0.4) is 0 Å². The van der Waals surface area contributed by atoms with Crippen LogP contribution in [-0.2, 0) is 19.2 Å². The molecule has 39 heavy (non-hydrogen) atoms. The first-order chi connectivity index (χ1) is 18.6. The van der Waals surface area contributed by atoms with E-state index in [1.165, 1.54) is 18.0 Å². The second kappa shape index (κ2) is 9.23. The third-order valence-electron chi connectivity index (χ3n) is 9.61. The number of likely N-dealkylation sites (tertiary alicyclic amines) is 2. The molecule has 208 valence electrons. The van der Waals surface area contributed by atoms with E-state index in [0.717, 1.165) is 42.6 Å². The lowest BCUT2D eigenvalue weighted by Crippen LogP contribution is -2.60. The number of carbonyl (C=O) groups excluding carboxylic acids is 4. The minimum absolute atomic E-state index is 0.0234. The summed E-state index contributed by atoms with van der Waals surface area (Å²) in [6, 6.07) is 4.63. The Kier molecular flexibility index (Phi) is 6.30. The average Bonchev–Trinajstić information content (AvgIpc) is 3.25. The van der Waals surface area contributed by atoms with Crippen molar-refractivity contribution in [3.8, 4) is 11.5 Å². The van der Waals surface area contributed by atoms with Crippen molar-refractivity contribution >= 4 is 46.8 Å². The molecule has 5 aliphatic rings. The van der Waals surface area contributed by atoms with Crippen LogP contribution in [0.4, 0.5) is 0 Å². The number of carbonyl (C=O) groups is 4. The molecule has 1 aromatic rings. The molecular weight excluding hydrogens is 543 g/mol. The Labute approximate surface area is 237 Å². The molecule has 2 aliphatic heterocycles. The summed E-state index contributed by atoms with van der Waals surface area (Å²) in [7, 11) is 1.37. The molecule has 10 heteroatoms. The fraction of sp³-hybridized carbons (Fsp3) is 0.586. The van der Waals surface area contributed by atoms with Gasteiger partial charge in [0.15, 0.2) is 21.2 Å². The molecule has 2 heterocycles. The number of allylic oxidation sites excluding steroid dienone is 2. The fourth-order valence-electron chi connectivity index (χ4n) is 7.82. The van der Waals surface area contributed by atoms with E-state index in [-0.39, 0.29) is 35.8 Å². The first-order valence-electron chi connectivity index (χ1n) is 13.8. The normalized spacial score (nSPS) is 36.6. The van der Waals surface area contributed by atoms with Gasteiger partial charge in [0.1, 0.15) is 0 Å². The molecule has 1 aromatic carbocycles. The minimum atomic E-state index is -1.86.